The lowest BCUT2D eigenvalue weighted by Crippen LogP contribution is -2.47. The molecule has 118 valence electrons. The maximum absolute atomic E-state index is 12.3. The summed E-state index contributed by atoms with van der Waals surface area (Å²) in [6.45, 7) is 1.75. The van der Waals surface area contributed by atoms with Crippen molar-refractivity contribution in [3.05, 3.63) is 35.5 Å². The first-order valence-corrected chi connectivity index (χ1v) is 7.37. The van der Waals surface area contributed by atoms with Gasteiger partial charge in [-0.2, -0.15) is 0 Å². The van der Waals surface area contributed by atoms with Gasteiger partial charge in [-0.15, -0.1) is 0 Å². The van der Waals surface area contributed by atoms with Gasteiger partial charge in [-0.1, -0.05) is 18.2 Å². The fourth-order valence-electron chi connectivity index (χ4n) is 3.85. The average molecular weight is 315 g/mol. The Morgan fingerprint density at radius 3 is 2.83 bits per heavy atom. The van der Waals surface area contributed by atoms with Gasteiger partial charge in [0.1, 0.15) is 0 Å². The zero-order valence-corrected chi connectivity index (χ0v) is 12.2. The van der Waals surface area contributed by atoms with Gasteiger partial charge in [0.25, 0.3) is 0 Å². The van der Waals surface area contributed by atoms with Crippen molar-refractivity contribution in [3.63, 3.8) is 0 Å². The van der Waals surface area contributed by atoms with Crippen molar-refractivity contribution >= 4 is 23.8 Å². The van der Waals surface area contributed by atoms with Gasteiger partial charge in [-0.3, -0.25) is 14.9 Å². The topological polar surface area (TPSA) is 98.8 Å². The van der Waals surface area contributed by atoms with Crippen LogP contribution in [0, 0.1) is 17.8 Å². The van der Waals surface area contributed by atoms with Crippen LogP contribution < -0.4 is 5.32 Å². The normalized spacial score (nSPS) is 36.6. The summed E-state index contributed by atoms with van der Waals surface area (Å²) in [5, 5.41) is 2.30. The molecule has 23 heavy (non-hydrogen) atoms. The second kappa shape index (κ2) is 4.41. The Balaban J connectivity index is 1.93. The number of ether oxygens (including phenoxy) is 2. The molecule has 0 aromatic carbocycles. The molecule has 2 aliphatic heterocycles. The number of amides is 2. The van der Waals surface area contributed by atoms with E-state index < -0.39 is 35.3 Å². The Bertz CT molecular complexity index is 761. The molecule has 2 bridgehead atoms. The fourth-order valence-corrected chi connectivity index (χ4v) is 3.85. The van der Waals surface area contributed by atoms with E-state index in [1.165, 1.54) is 0 Å². The van der Waals surface area contributed by atoms with Crippen molar-refractivity contribution in [2.75, 3.05) is 6.61 Å². The Hall–Kier alpha value is -2.70. The minimum Gasteiger partial charge on any atom is -0.462 e. The quantitative estimate of drug-likeness (QED) is 0.327. The molecular weight excluding hydrogens is 302 g/mol. The summed E-state index contributed by atoms with van der Waals surface area (Å²) in [6.07, 6.45) is 6.67. The Morgan fingerprint density at radius 2 is 2.09 bits per heavy atom. The van der Waals surface area contributed by atoms with E-state index in [-0.39, 0.29) is 29.6 Å². The monoisotopic (exact) mass is 315 g/mol. The van der Waals surface area contributed by atoms with Crippen molar-refractivity contribution in [1.29, 1.82) is 0 Å². The van der Waals surface area contributed by atoms with E-state index in [0.29, 0.717) is 0 Å². The number of carbonyl (C=O) groups excluding carboxylic acids is 4. The van der Waals surface area contributed by atoms with E-state index in [0.717, 1.165) is 0 Å². The highest BCUT2D eigenvalue weighted by Gasteiger charge is 2.64. The molecule has 7 heteroatoms. The first kappa shape index (κ1) is 13.9. The summed E-state index contributed by atoms with van der Waals surface area (Å²) >= 11 is 0. The van der Waals surface area contributed by atoms with Gasteiger partial charge in [-0.25, -0.2) is 9.59 Å². The lowest BCUT2D eigenvalue weighted by molar-refractivity contribution is -0.153. The second-order valence-electron chi connectivity index (χ2n) is 5.84. The summed E-state index contributed by atoms with van der Waals surface area (Å²) in [5.74, 6) is -4.29. The van der Waals surface area contributed by atoms with Crippen LogP contribution in [0.15, 0.2) is 35.5 Å². The number of hydrogen-bond donors (Lipinski definition) is 1. The second-order valence-corrected chi connectivity index (χ2v) is 5.84. The molecule has 1 spiro atoms. The molecule has 2 amide bonds. The van der Waals surface area contributed by atoms with Gasteiger partial charge in [-0.05, 0) is 13.0 Å². The maximum Gasteiger partial charge on any atom is 0.347 e. The third kappa shape index (κ3) is 1.59. The third-order valence-electron chi connectivity index (χ3n) is 4.75. The number of hydrogen-bond acceptors (Lipinski definition) is 6. The SMILES string of the molecule is CCOC(=O)C1=C2C=CC3C=CC2(OC1=O)C1C(=O)NC(=O)C31. The molecule has 4 unspecified atom stereocenters. The molecule has 1 N–H and O–H groups in total. The fraction of sp³-hybridized carbons (Fsp3) is 0.375. The molecule has 1 fully saturated rings. The predicted molar refractivity (Wildman–Crippen MR) is 74.4 cm³/mol. The lowest BCUT2D eigenvalue weighted by Gasteiger charge is -2.36. The highest BCUT2D eigenvalue weighted by Crippen LogP contribution is 2.53. The van der Waals surface area contributed by atoms with Crippen molar-refractivity contribution in [2.45, 2.75) is 12.5 Å². The summed E-state index contributed by atoms with van der Waals surface area (Å²) < 4.78 is 10.4. The Labute approximate surface area is 131 Å². The molecule has 2 heterocycles. The van der Waals surface area contributed by atoms with Crippen LogP contribution in [0.4, 0.5) is 0 Å². The van der Waals surface area contributed by atoms with Gasteiger partial charge in [0.05, 0.1) is 18.4 Å². The number of nitrogens with one attached hydrogen (secondary N) is 1. The smallest absolute Gasteiger partial charge is 0.347 e. The third-order valence-corrected chi connectivity index (χ3v) is 4.75. The summed E-state index contributed by atoms with van der Waals surface area (Å²) in [6, 6.07) is 0. The first-order chi connectivity index (χ1) is 11.0. The molecule has 1 saturated heterocycles. The molecule has 0 aromatic rings. The molecule has 5 rings (SSSR count). The van der Waals surface area contributed by atoms with Crippen LogP contribution >= 0.6 is 0 Å². The molecule has 0 aromatic heterocycles. The number of imide groups is 1. The van der Waals surface area contributed by atoms with E-state index in [2.05, 4.69) is 5.32 Å². The zero-order valence-electron chi connectivity index (χ0n) is 12.2. The van der Waals surface area contributed by atoms with Gasteiger partial charge < -0.3 is 9.47 Å². The standard InChI is InChI=1S/C16H13NO6/c1-2-22-14(20)10-8-4-3-7-5-6-16(8,23-15(10)21)11-9(7)12(18)17-13(11)19/h3-7,9,11H,2H2,1H3,(H,17,18,19). The maximum atomic E-state index is 12.3. The van der Waals surface area contributed by atoms with Crippen LogP contribution in [-0.4, -0.2) is 36.0 Å². The van der Waals surface area contributed by atoms with Gasteiger partial charge in [0, 0.05) is 11.5 Å². The summed E-state index contributed by atoms with van der Waals surface area (Å²) in [7, 11) is 0. The van der Waals surface area contributed by atoms with Crippen molar-refractivity contribution in [1.82, 2.24) is 5.32 Å². The molecule has 4 atom stereocenters. The first-order valence-electron chi connectivity index (χ1n) is 7.37. The van der Waals surface area contributed by atoms with Crippen molar-refractivity contribution in [2.24, 2.45) is 17.8 Å². The number of allylic oxidation sites excluding steroid dienone is 2. The van der Waals surface area contributed by atoms with E-state index in [9.17, 15) is 19.2 Å². The number of esters is 2. The van der Waals surface area contributed by atoms with Crippen molar-refractivity contribution < 1.29 is 28.7 Å². The largest absolute Gasteiger partial charge is 0.462 e. The Morgan fingerprint density at radius 1 is 1.30 bits per heavy atom. The van der Waals surface area contributed by atoms with Gasteiger partial charge >= 0.3 is 11.9 Å². The number of carbonyl (C=O) groups is 4. The zero-order chi connectivity index (χ0) is 16.4. The Kier molecular flexibility index (Phi) is 2.67. The molecule has 5 aliphatic rings. The molecule has 3 aliphatic carbocycles. The molecule has 0 saturated carbocycles. The van der Waals surface area contributed by atoms with Crippen molar-refractivity contribution in [3.8, 4) is 0 Å². The highest BCUT2D eigenvalue weighted by molar-refractivity contribution is 6.18. The van der Waals surface area contributed by atoms with Crippen LogP contribution in [0.1, 0.15) is 6.92 Å². The van der Waals surface area contributed by atoms with E-state index >= 15 is 0 Å². The predicted octanol–water partition coefficient (Wildman–Crippen LogP) is -0.214. The van der Waals surface area contributed by atoms with E-state index in [1.807, 2.05) is 0 Å². The minimum absolute atomic E-state index is 0.114. The van der Waals surface area contributed by atoms with Crippen LogP contribution in [-0.2, 0) is 28.7 Å². The van der Waals surface area contributed by atoms with Crippen LogP contribution in [0.25, 0.3) is 0 Å². The van der Waals surface area contributed by atoms with Gasteiger partial charge in [0.2, 0.25) is 11.8 Å². The minimum atomic E-state index is -1.41. The highest BCUT2D eigenvalue weighted by atomic mass is 16.6. The number of rotatable bonds is 2. The van der Waals surface area contributed by atoms with E-state index in [4.69, 9.17) is 9.47 Å². The summed E-state index contributed by atoms with van der Waals surface area (Å²) in [5.41, 5.74) is -1.33. The molecule has 0 radical (unpaired) electrons. The van der Waals surface area contributed by atoms with Crippen LogP contribution in [0.3, 0.4) is 0 Å². The summed E-state index contributed by atoms with van der Waals surface area (Å²) in [4.78, 5) is 48.8. The van der Waals surface area contributed by atoms with E-state index in [1.54, 1.807) is 31.2 Å². The van der Waals surface area contributed by atoms with Gasteiger partial charge in [0.15, 0.2) is 11.2 Å². The van der Waals surface area contributed by atoms with Crippen LogP contribution in [0.2, 0.25) is 0 Å². The lowest BCUT2D eigenvalue weighted by atomic mass is 9.69. The van der Waals surface area contributed by atoms with Crippen LogP contribution in [0.5, 0.6) is 0 Å². The molecule has 7 nitrogen and oxygen atoms in total. The average Bonchev–Trinajstić information content (AvgIpc) is 2.82. The molecular formula is C16H13NO6.